The van der Waals surface area contributed by atoms with Gasteiger partial charge in [0.05, 0.1) is 0 Å². The maximum Gasteiger partial charge on any atom is 0.0391 e. The highest BCUT2D eigenvalue weighted by Gasteiger charge is 1.93. The lowest BCUT2D eigenvalue weighted by molar-refractivity contribution is 0.790. The van der Waals surface area contributed by atoms with Crippen LogP contribution in [-0.4, -0.2) is 12.3 Å². The highest BCUT2D eigenvalue weighted by Crippen LogP contribution is 2.10. The minimum absolute atomic E-state index is 1.00. The van der Waals surface area contributed by atoms with Crippen molar-refractivity contribution in [3.63, 3.8) is 0 Å². The molecule has 0 aliphatic rings. The molecule has 0 heterocycles. The molecule has 14 heavy (non-hydrogen) atoms. The van der Waals surface area contributed by atoms with E-state index in [9.17, 15) is 0 Å². The van der Waals surface area contributed by atoms with E-state index in [0.29, 0.717) is 0 Å². The van der Waals surface area contributed by atoms with Crippen molar-refractivity contribution in [3.8, 4) is 0 Å². The van der Waals surface area contributed by atoms with Crippen LogP contribution in [0.2, 0.25) is 0 Å². The van der Waals surface area contributed by atoms with E-state index in [-0.39, 0.29) is 0 Å². The van der Waals surface area contributed by atoms with Crippen molar-refractivity contribution in [2.45, 2.75) is 59.8 Å². The fourth-order valence-electron chi connectivity index (χ4n) is 1.40. The smallest absolute Gasteiger partial charge is 0.0391 e. The molecule has 0 spiro atoms. The molecular formula is C13H25N. The number of allylic oxidation sites excluding steroid dienone is 2. The van der Waals surface area contributed by atoms with Crippen LogP contribution >= 0.6 is 0 Å². The lowest BCUT2D eigenvalue weighted by Gasteiger charge is -2.02. The summed E-state index contributed by atoms with van der Waals surface area (Å²) in [7, 11) is 0. The van der Waals surface area contributed by atoms with Gasteiger partial charge in [-0.3, -0.25) is 4.99 Å². The standard InChI is InChI=1S/C13H25N/c1-5-9-13(7-3)10-8-11-14-12(4)6-2/h9H,5-8,10-11H2,1-4H3/b13-9+,14-12+. The predicted octanol–water partition coefficient (Wildman–Crippen LogP) is 4.38. The van der Waals surface area contributed by atoms with Crippen molar-refractivity contribution in [2.75, 3.05) is 6.54 Å². The molecule has 0 fully saturated rings. The summed E-state index contributed by atoms with van der Waals surface area (Å²) in [6.07, 6.45) is 8.24. The van der Waals surface area contributed by atoms with Crippen molar-refractivity contribution in [2.24, 2.45) is 4.99 Å². The van der Waals surface area contributed by atoms with Crippen LogP contribution < -0.4 is 0 Å². The first-order valence-corrected chi connectivity index (χ1v) is 5.92. The number of nitrogens with zero attached hydrogens (tertiary/aromatic N) is 1. The first-order valence-electron chi connectivity index (χ1n) is 5.92. The number of aliphatic imine (C=N–C) groups is 1. The summed E-state index contributed by atoms with van der Waals surface area (Å²) in [5.74, 6) is 0. The zero-order chi connectivity index (χ0) is 10.8. The molecule has 0 aromatic heterocycles. The van der Waals surface area contributed by atoms with Gasteiger partial charge in [-0.15, -0.1) is 0 Å². The Labute approximate surface area is 89.3 Å². The molecule has 0 amide bonds. The topological polar surface area (TPSA) is 12.4 Å². The zero-order valence-electron chi connectivity index (χ0n) is 10.3. The Kier molecular flexibility index (Phi) is 8.61. The third-order valence-electron chi connectivity index (χ3n) is 2.50. The van der Waals surface area contributed by atoms with Crippen LogP contribution in [-0.2, 0) is 0 Å². The summed E-state index contributed by atoms with van der Waals surface area (Å²) in [6, 6.07) is 0. The van der Waals surface area contributed by atoms with Gasteiger partial charge in [0, 0.05) is 12.3 Å². The van der Waals surface area contributed by atoms with E-state index < -0.39 is 0 Å². The van der Waals surface area contributed by atoms with Crippen LogP contribution in [0, 0.1) is 0 Å². The van der Waals surface area contributed by atoms with E-state index in [1.165, 1.54) is 31.4 Å². The molecule has 0 saturated heterocycles. The molecule has 0 rings (SSSR count). The Hall–Kier alpha value is -0.590. The molecule has 0 N–H and O–H groups in total. The highest BCUT2D eigenvalue weighted by molar-refractivity contribution is 5.81. The molecule has 0 aromatic carbocycles. The van der Waals surface area contributed by atoms with E-state index in [4.69, 9.17) is 0 Å². The minimum Gasteiger partial charge on any atom is -0.294 e. The Bertz CT molecular complexity index is 189. The quantitative estimate of drug-likeness (QED) is 0.325. The molecule has 0 aromatic rings. The first-order chi connectivity index (χ1) is 6.74. The molecule has 1 nitrogen and oxygen atoms in total. The van der Waals surface area contributed by atoms with Crippen LogP contribution in [0.15, 0.2) is 16.6 Å². The summed E-state index contributed by atoms with van der Waals surface area (Å²) >= 11 is 0. The first kappa shape index (κ1) is 13.4. The van der Waals surface area contributed by atoms with Gasteiger partial charge < -0.3 is 0 Å². The van der Waals surface area contributed by atoms with Crippen molar-refractivity contribution >= 4 is 5.71 Å². The maximum atomic E-state index is 4.50. The molecule has 82 valence electrons. The molecule has 0 aliphatic heterocycles. The molecule has 1 heteroatoms. The summed E-state index contributed by atoms with van der Waals surface area (Å²) in [5.41, 5.74) is 2.87. The van der Waals surface area contributed by atoms with Crippen LogP contribution in [0.4, 0.5) is 0 Å². The van der Waals surface area contributed by atoms with Crippen LogP contribution in [0.25, 0.3) is 0 Å². The van der Waals surface area contributed by atoms with Gasteiger partial charge in [0.15, 0.2) is 0 Å². The van der Waals surface area contributed by atoms with Gasteiger partial charge in [0.25, 0.3) is 0 Å². The number of hydrogen-bond donors (Lipinski definition) is 0. The molecule has 0 radical (unpaired) electrons. The highest BCUT2D eigenvalue weighted by atomic mass is 14.7. The van der Waals surface area contributed by atoms with Crippen molar-refractivity contribution in [1.29, 1.82) is 0 Å². The fraction of sp³-hybridized carbons (Fsp3) is 0.769. The van der Waals surface area contributed by atoms with Gasteiger partial charge in [0.2, 0.25) is 0 Å². The molecular weight excluding hydrogens is 170 g/mol. The summed E-state index contributed by atoms with van der Waals surface area (Å²) in [4.78, 5) is 4.50. The van der Waals surface area contributed by atoms with Gasteiger partial charge in [-0.05, 0) is 39.0 Å². The van der Waals surface area contributed by atoms with E-state index in [0.717, 1.165) is 13.0 Å². The lowest BCUT2D eigenvalue weighted by atomic mass is 10.1. The van der Waals surface area contributed by atoms with E-state index in [1.807, 2.05) is 0 Å². The molecule has 0 atom stereocenters. The Balaban J connectivity index is 3.67. The van der Waals surface area contributed by atoms with Crippen molar-refractivity contribution < 1.29 is 0 Å². The largest absolute Gasteiger partial charge is 0.294 e. The molecule has 0 unspecified atom stereocenters. The SMILES string of the molecule is CC/C=C(\CC)CCC/N=C(\C)CC. The fourth-order valence-corrected chi connectivity index (χ4v) is 1.40. The monoisotopic (exact) mass is 195 g/mol. The Morgan fingerprint density at radius 3 is 2.36 bits per heavy atom. The molecule has 0 aliphatic carbocycles. The minimum atomic E-state index is 1.00. The third kappa shape index (κ3) is 6.88. The van der Waals surface area contributed by atoms with Crippen molar-refractivity contribution in [3.05, 3.63) is 11.6 Å². The maximum absolute atomic E-state index is 4.50. The van der Waals surface area contributed by atoms with E-state index in [2.05, 4.69) is 38.8 Å². The summed E-state index contributed by atoms with van der Waals surface area (Å²) in [6.45, 7) is 9.72. The van der Waals surface area contributed by atoms with Crippen LogP contribution in [0.1, 0.15) is 59.8 Å². The third-order valence-corrected chi connectivity index (χ3v) is 2.50. The summed E-state index contributed by atoms with van der Waals surface area (Å²) < 4.78 is 0. The Morgan fingerprint density at radius 1 is 1.14 bits per heavy atom. The lowest BCUT2D eigenvalue weighted by Crippen LogP contribution is -1.92. The zero-order valence-corrected chi connectivity index (χ0v) is 10.3. The predicted molar refractivity (Wildman–Crippen MR) is 66.2 cm³/mol. The van der Waals surface area contributed by atoms with Crippen molar-refractivity contribution in [1.82, 2.24) is 0 Å². The molecule has 0 saturated carbocycles. The second kappa shape index (κ2) is 8.98. The second-order valence-corrected chi connectivity index (χ2v) is 3.70. The van der Waals surface area contributed by atoms with Gasteiger partial charge in [-0.1, -0.05) is 32.4 Å². The van der Waals surface area contributed by atoms with E-state index in [1.54, 1.807) is 5.57 Å². The van der Waals surface area contributed by atoms with Crippen LogP contribution in [0.3, 0.4) is 0 Å². The average Bonchev–Trinajstić information content (AvgIpc) is 2.22. The van der Waals surface area contributed by atoms with Gasteiger partial charge in [-0.25, -0.2) is 0 Å². The van der Waals surface area contributed by atoms with E-state index >= 15 is 0 Å². The summed E-state index contributed by atoms with van der Waals surface area (Å²) in [5, 5.41) is 0. The normalized spacial score (nSPS) is 13.4. The Morgan fingerprint density at radius 2 is 1.86 bits per heavy atom. The average molecular weight is 195 g/mol. The van der Waals surface area contributed by atoms with Gasteiger partial charge >= 0.3 is 0 Å². The second-order valence-electron chi connectivity index (χ2n) is 3.70. The number of rotatable bonds is 7. The van der Waals surface area contributed by atoms with Gasteiger partial charge in [-0.2, -0.15) is 0 Å². The molecule has 0 bridgehead atoms. The number of hydrogen-bond acceptors (Lipinski definition) is 1. The van der Waals surface area contributed by atoms with Gasteiger partial charge in [0.1, 0.15) is 0 Å². The van der Waals surface area contributed by atoms with Crippen LogP contribution in [0.5, 0.6) is 0 Å².